The van der Waals surface area contributed by atoms with E-state index in [0.29, 0.717) is 28.4 Å². The first-order valence-electron chi connectivity index (χ1n) is 14.9. The number of para-hydroxylation sites is 1. The second-order valence-corrected chi connectivity index (χ2v) is 13.9. The van der Waals surface area contributed by atoms with Gasteiger partial charge in [-0.2, -0.15) is 32.2 Å². The smallest absolute Gasteiger partial charge is 0.399 e. The van der Waals surface area contributed by atoms with Crippen LogP contribution in [0.25, 0.3) is 17.2 Å². The zero-order chi connectivity index (χ0) is 37.2. The molecule has 0 amide bonds. The van der Waals surface area contributed by atoms with Gasteiger partial charge in [0.15, 0.2) is 5.71 Å². The summed E-state index contributed by atoms with van der Waals surface area (Å²) in [5, 5.41) is 20.3. The summed E-state index contributed by atoms with van der Waals surface area (Å²) >= 11 is 0. The molecule has 0 spiro atoms. The van der Waals surface area contributed by atoms with Crippen molar-refractivity contribution in [2.24, 2.45) is 25.6 Å². The van der Waals surface area contributed by atoms with E-state index in [0.717, 1.165) is 23.3 Å². The van der Waals surface area contributed by atoms with Gasteiger partial charge in [-0.05, 0) is 83.4 Å². The Morgan fingerprint density at radius 1 is 0.660 bits per heavy atom. The number of nitrogens with one attached hydrogen (secondary N) is 1. The molecule has 0 heterocycles. The third kappa shape index (κ3) is 8.72. The van der Waals surface area contributed by atoms with Gasteiger partial charge < -0.3 is 17.2 Å². The Kier molecular flexibility index (Phi) is 11.3. The van der Waals surface area contributed by atoms with Crippen molar-refractivity contribution < 1.29 is 60.3 Å². The van der Waals surface area contributed by atoms with Crippen LogP contribution in [0.1, 0.15) is 15.9 Å². The fourth-order valence-corrected chi connectivity index (χ4v) is 6.39. The minimum atomic E-state index is -5.06. The summed E-state index contributed by atoms with van der Waals surface area (Å²) < 4.78 is 69.3. The maximum absolute atomic E-state index is 13.7. The number of hydrogen-bond acceptors (Lipinski definition) is 14. The number of anilines is 4. The third-order valence-electron chi connectivity index (χ3n) is 7.58. The number of nitrogens with two attached hydrogens (primary N) is 3. The molecule has 0 bridgehead atoms. The number of Topliss-reactive ketones (excluding diaryl/α,β-unsaturated/α-hetero) is 1. The molecule has 0 radical (unpaired) electrons. The van der Waals surface area contributed by atoms with Crippen molar-refractivity contribution in [3.8, 4) is 11.1 Å². The number of fused-ring (bicyclic) bond motifs is 1. The number of benzene rings is 5. The van der Waals surface area contributed by atoms with E-state index in [4.69, 9.17) is 17.2 Å². The molecule has 0 saturated carbocycles. The maximum atomic E-state index is 13.7. The van der Waals surface area contributed by atoms with Gasteiger partial charge in [0.25, 0.3) is 20.2 Å². The summed E-state index contributed by atoms with van der Waals surface area (Å²) in [6.07, 6.45) is 0.813. The monoisotopic (exact) mass is 760 g/mol. The van der Waals surface area contributed by atoms with Crippen LogP contribution in [0.5, 0.6) is 0 Å². The minimum absolute atomic E-state index is 0. The standard InChI is InChI=1S/C34H27N9O7S2.Na/c35-22-10-15-27(26(36)18-22)41-38-24-11-6-19(7-12-24)20-8-13-25(14-9-20)40-42-32-28(51(45,46)47)16-21-17-29(52(48,49)50)33(34(44)30(21)31(32)37)43-39-23-4-2-1-3-5-23;/h1-18,39H,35-37H2,(H,45,46,47)(H,48,49,50);/q;+1. The predicted molar refractivity (Wildman–Crippen MR) is 198 cm³/mol. The molecule has 53 heavy (non-hydrogen) atoms. The van der Waals surface area contributed by atoms with Crippen LogP contribution < -0.4 is 52.2 Å². The molecule has 19 heteroatoms. The summed E-state index contributed by atoms with van der Waals surface area (Å²) in [5.74, 6) is -1.07. The first kappa shape index (κ1) is 38.6. The SMILES string of the molecule is Nc1ccc(N=Nc2ccc(-c3ccc(N=Nc4c(S(=O)(=O)O)cc5c(c4N)C(=O)C(=NNc4ccccc4)C(S(=O)(=O)O)=C5)cc3)cc2)c(N)c1.[Na+]. The molecule has 5 aromatic carbocycles. The Labute approximate surface area is 325 Å². The minimum Gasteiger partial charge on any atom is -0.399 e. The van der Waals surface area contributed by atoms with Crippen LogP contribution >= 0.6 is 0 Å². The van der Waals surface area contributed by atoms with Gasteiger partial charge in [-0.15, -0.1) is 10.2 Å². The van der Waals surface area contributed by atoms with E-state index in [9.17, 15) is 30.7 Å². The molecule has 0 saturated heterocycles. The second-order valence-electron chi connectivity index (χ2n) is 11.1. The van der Waals surface area contributed by atoms with Crippen LogP contribution in [0.3, 0.4) is 0 Å². The molecule has 1 aliphatic carbocycles. The molecule has 1 aliphatic rings. The Morgan fingerprint density at radius 2 is 1.25 bits per heavy atom. The zero-order valence-corrected chi connectivity index (χ0v) is 31.2. The number of carbonyl (C=O) groups is 1. The molecule has 5 aromatic rings. The van der Waals surface area contributed by atoms with Gasteiger partial charge in [0.2, 0.25) is 5.78 Å². The van der Waals surface area contributed by atoms with Gasteiger partial charge in [-0.3, -0.25) is 19.3 Å². The third-order valence-corrected chi connectivity index (χ3v) is 9.31. The van der Waals surface area contributed by atoms with Crippen molar-refractivity contribution in [2.75, 3.05) is 22.6 Å². The number of nitrogens with zero attached hydrogens (tertiary/aromatic N) is 5. The molecule has 262 valence electrons. The van der Waals surface area contributed by atoms with Crippen LogP contribution in [0.4, 0.5) is 45.5 Å². The molecule has 0 unspecified atom stereocenters. The number of carbonyl (C=O) groups excluding carboxylic acids is 1. The molecule has 0 aromatic heterocycles. The van der Waals surface area contributed by atoms with Gasteiger partial charge in [0, 0.05) is 5.69 Å². The van der Waals surface area contributed by atoms with Crippen molar-refractivity contribution in [1.29, 1.82) is 0 Å². The second kappa shape index (κ2) is 15.6. The van der Waals surface area contributed by atoms with E-state index in [2.05, 4.69) is 31.0 Å². The normalized spacial score (nSPS) is 13.9. The largest absolute Gasteiger partial charge is 1.00 e. The molecule has 0 aliphatic heterocycles. The Bertz CT molecular complexity index is 2580. The number of hydrogen-bond donors (Lipinski definition) is 6. The van der Waals surface area contributed by atoms with Crippen LogP contribution in [0.2, 0.25) is 0 Å². The molecule has 9 N–H and O–H groups in total. The number of nitrogen functional groups attached to an aromatic ring is 3. The summed E-state index contributed by atoms with van der Waals surface area (Å²) in [6, 6.07) is 27.8. The molecular weight excluding hydrogens is 734 g/mol. The Morgan fingerprint density at radius 3 is 1.79 bits per heavy atom. The maximum Gasteiger partial charge on any atom is 1.00 e. The fraction of sp³-hybridized carbons (Fsp3) is 0. The molecule has 16 nitrogen and oxygen atoms in total. The summed E-state index contributed by atoms with van der Waals surface area (Å²) in [4.78, 5) is 11.9. The number of rotatable bonds is 9. The summed E-state index contributed by atoms with van der Waals surface area (Å²) in [7, 11) is -10.1. The van der Waals surface area contributed by atoms with Gasteiger partial charge in [0.1, 0.15) is 21.2 Å². The molecule has 6 rings (SSSR count). The number of azo groups is 2. The first-order chi connectivity index (χ1) is 24.7. The molecule has 0 atom stereocenters. The summed E-state index contributed by atoms with van der Waals surface area (Å²) in [6.45, 7) is 0. The van der Waals surface area contributed by atoms with Crippen molar-refractivity contribution in [1.82, 2.24) is 0 Å². The zero-order valence-electron chi connectivity index (χ0n) is 27.6. The van der Waals surface area contributed by atoms with Crippen molar-refractivity contribution >= 4 is 83.3 Å². The van der Waals surface area contributed by atoms with E-state index in [1.54, 1.807) is 84.9 Å². The van der Waals surface area contributed by atoms with E-state index >= 15 is 0 Å². The van der Waals surface area contributed by atoms with E-state index in [1.165, 1.54) is 0 Å². The Balaban J connectivity index is 0.00000541. The first-order valence-corrected chi connectivity index (χ1v) is 17.8. The van der Waals surface area contributed by atoms with Gasteiger partial charge in [-0.1, -0.05) is 42.5 Å². The van der Waals surface area contributed by atoms with Gasteiger partial charge in [0.05, 0.1) is 34.0 Å². The molecular formula is C34H27N9NaO7S2+. The topological polar surface area (TPSA) is 278 Å². The number of ketones is 1. The Hall–Kier alpha value is -5.60. The van der Waals surface area contributed by atoms with Crippen LogP contribution in [0.15, 0.2) is 138 Å². The van der Waals surface area contributed by atoms with E-state index in [1.807, 2.05) is 12.1 Å². The van der Waals surface area contributed by atoms with Crippen LogP contribution in [0, 0.1) is 0 Å². The predicted octanol–water partition coefficient (Wildman–Crippen LogP) is 4.07. The average molecular weight is 761 g/mol. The van der Waals surface area contributed by atoms with E-state index in [-0.39, 0.29) is 46.4 Å². The quantitative estimate of drug-likeness (QED) is 0.0409. The van der Waals surface area contributed by atoms with Crippen LogP contribution in [-0.4, -0.2) is 37.4 Å². The summed E-state index contributed by atoms with van der Waals surface area (Å²) in [5.41, 5.74) is 22.1. The molecule has 0 fully saturated rings. The van der Waals surface area contributed by atoms with Crippen molar-refractivity contribution in [3.05, 3.63) is 119 Å². The van der Waals surface area contributed by atoms with Crippen molar-refractivity contribution in [3.63, 3.8) is 0 Å². The van der Waals surface area contributed by atoms with Crippen molar-refractivity contribution in [2.45, 2.75) is 4.90 Å². The number of hydrazone groups is 1. The average Bonchev–Trinajstić information content (AvgIpc) is 3.10. The van der Waals surface area contributed by atoms with Crippen LogP contribution in [-0.2, 0) is 20.2 Å². The van der Waals surface area contributed by atoms with Gasteiger partial charge in [-0.25, -0.2) is 0 Å². The number of allylic oxidation sites excluding steroid dienone is 1. The fourth-order valence-electron chi connectivity index (χ4n) is 5.06. The van der Waals surface area contributed by atoms with Gasteiger partial charge >= 0.3 is 29.6 Å². The van der Waals surface area contributed by atoms with E-state index < -0.39 is 52.9 Å².